The van der Waals surface area contributed by atoms with E-state index in [1.807, 2.05) is 7.05 Å². The van der Waals surface area contributed by atoms with Gasteiger partial charge in [-0.05, 0) is 56.8 Å². The van der Waals surface area contributed by atoms with Crippen molar-refractivity contribution in [3.63, 3.8) is 0 Å². The second-order valence-electron chi connectivity index (χ2n) is 6.95. The lowest BCUT2D eigenvalue weighted by Crippen LogP contribution is -2.44. The van der Waals surface area contributed by atoms with E-state index in [1.165, 1.54) is 37.1 Å². The number of likely N-dealkylation sites (tertiary alicyclic amines) is 1. The van der Waals surface area contributed by atoms with Crippen molar-refractivity contribution in [3.05, 3.63) is 35.4 Å². The summed E-state index contributed by atoms with van der Waals surface area (Å²) >= 11 is 0. The van der Waals surface area contributed by atoms with Crippen LogP contribution < -0.4 is 10.6 Å². The minimum atomic E-state index is 0. The summed E-state index contributed by atoms with van der Waals surface area (Å²) in [7, 11) is 3.61. The van der Waals surface area contributed by atoms with Crippen LogP contribution in [-0.4, -0.2) is 57.8 Å². The third kappa shape index (κ3) is 7.40. The van der Waals surface area contributed by atoms with Gasteiger partial charge in [0.05, 0.1) is 12.6 Å². The van der Waals surface area contributed by atoms with Gasteiger partial charge in [0.1, 0.15) is 0 Å². The molecule has 0 saturated carbocycles. The number of aryl methyl sites for hydroxylation is 1. The Labute approximate surface area is 176 Å². The molecule has 5 nitrogen and oxygen atoms in total. The van der Waals surface area contributed by atoms with E-state index in [-0.39, 0.29) is 30.0 Å². The van der Waals surface area contributed by atoms with E-state index in [1.54, 1.807) is 7.11 Å². The highest BCUT2D eigenvalue weighted by atomic mass is 127. The van der Waals surface area contributed by atoms with Crippen LogP contribution in [0.1, 0.15) is 36.9 Å². The number of piperidine rings is 1. The maximum Gasteiger partial charge on any atom is 0.191 e. The van der Waals surface area contributed by atoms with Gasteiger partial charge in [-0.25, -0.2) is 0 Å². The van der Waals surface area contributed by atoms with Crippen molar-refractivity contribution in [1.82, 2.24) is 15.5 Å². The maximum absolute atomic E-state index is 5.17. The SMILES string of the molecule is CN=C(NCC1CCN(CCOC)CC1)NC(C)c1ccccc1C.I. The predicted octanol–water partition coefficient (Wildman–Crippen LogP) is 3.20. The van der Waals surface area contributed by atoms with Crippen molar-refractivity contribution >= 4 is 29.9 Å². The molecule has 1 aromatic rings. The Morgan fingerprint density at radius 1 is 1.31 bits per heavy atom. The lowest BCUT2D eigenvalue weighted by molar-refractivity contribution is 0.121. The van der Waals surface area contributed by atoms with E-state index in [0.717, 1.165) is 25.7 Å². The molecule has 0 aliphatic carbocycles. The average molecular weight is 474 g/mol. The lowest BCUT2D eigenvalue weighted by atomic mass is 9.97. The molecule has 1 aliphatic heterocycles. The summed E-state index contributed by atoms with van der Waals surface area (Å²) in [6, 6.07) is 8.74. The third-order valence-electron chi connectivity index (χ3n) is 5.11. The van der Waals surface area contributed by atoms with Crippen LogP contribution in [0.4, 0.5) is 0 Å². The van der Waals surface area contributed by atoms with E-state index in [9.17, 15) is 0 Å². The molecule has 1 saturated heterocycles. The molecular weight excluding hydrogens is 439 g/mol. The minimum Gasteiger partial charge on any atom is -0.383 e. The second kappa shape index (κ2) is 12.5. The molecule has 0 spiro atoms. The molecule has 0 aromatic heterocycles. The van der Waals surface area contributed by atoms with Crippen LogP contribution in [0.15, 0.2) is 29.3 Å². The molecule has 2 rings (SSSR count). The summed E-state index contributed by atoms with van der Waals surface area (Å²) in [5, 5.41) is 7.02. The van der Waals surface area contributed by atoms with Gasteiger partial charge in [0.15, 0.2) is 5.96 Å². The molecule has 26 heavy (non-hydrogen) atoms. The van der Waals surface area contributed by atoms with Gasteiger partial charge in [0.2, 0.25) is 0 Å². The van der Waals surface area contributed by atoms with Gasteiger partial charge in [-0.1, -0.05) is 24.3 Å². The number of hydrogen-bond acceptors (Lipinski definition) is 3. The first-order valence-corrected chi connectivity index (χ1v) is 9.38. The molecule has 0 amide bonds. The zero-order valence-corrected chi connectivity index (χ0v) is 19.0. The first-order chi connectivity index (χ1) is 12.1. The molecule has 1 atom stereocenters. The van der Waals surface area contributed by atoms with Crippen LogP contribution >= 0.6 is 24.0 Å². The van der Waals surface area contributed by atoms with Gasteiger partial charge in [0.25, 0.3) is 0 Å². The smallest absolute Gasteiger partial charge is 0.191 e. The first-order valence-electron chi connectivity index (χ1n) is 9.38. The highest BCUT2D eigenvalue weighted by Crippen LogP contribution is 2.17. The van der Waals surface area contributed by atoms with Gasteiger partial charge in [-0.2, -0.15) is 0 Å². The first kappa shape index (κ1) is 23.2. The van der Waals surface area contributed by atoms with Gasteiger partial charge >= 0.3 is 0 Å². The summed E-state index contributed by atoms with van der Waals surface area (Å²) in [4.78, 5) is 6.88. The van der Waals surface area contributed by atoms with Gasteiger partial charge in [-0.3, -0.25) is 4.99 Å². The fraction of sp³-hybridized carbons (Fsp3) is 0.650. The fourth-order valence-corrected chi connectivity index (χ4v) is 3.43. The number of hydrogen-bond donors (Lipinski definition) is 2. The number of guanidine groups is 1. The van der Waals surface area contributed by atoms with Crippen molar-refractivity contribution in [1.29, 1.82) is 0 Å². The van der Waals surface area contributed by atoms with Crippen LogP contribution in [0, 0.1) is 12.8 Å². The molecule has 1 unspecified atom stereocenters. The summed E-state index contributed by atoms with van der Waals surface area (Å²) in [6.07, 6.45) is 2.47. The Balaban J connectivity index is 0.00000338. The van der Waals surface area contributed by atoms with E-state index >= 15 is 0 Å². The fourth-order valence-electron chi connectivity index (χ4n) is 3.43. The van der Waals surface area contributed by atoms with Crippen LogP contribution in [0.25, 0.3) is 0 Å². The summed E-state index contributed by atoms with van der Waals surface area (Å²) in [5.74, 6) is 1.60. The second-order valence-corrected chi connectivity index (χ2v) is 6.95. The summed E-state index contributed by atoms with van der Waals surface area (Å²) < 4.78 is 5.17. The Morgan fingerprint density at radius 3 is 2.62 bits per heavy atom. The van der Waals surface area contributed by atoms with Crippen LogP contribution in [-0.2, 0) is 4.74 Å². The number of nitrogens with zero attached hydrogens (tertiary/aromatic N) is 2. The van der Waals surface area contributed by atoms with Crippen molar-refractivity contribution in [2.24, 2.45) is 10.9 Å². The molecular formula is C20H35IN4O. The summed E-state index contributed by atoms with van der Waals surface area (Å²) in [6.45, 7) is 9.54. The summed E-state index contributed by atoms with van der Waals surface area (Å²) in [5.41, 5.74) is 2.62. The van der Waals surface area contributed by atoms with Crippen LogP contribution in [0.3, 0.4) is 0 Å². The average Bonchev–Trinajstić information content (AvgIpc) is 2.64. The molecule has 1 aliphatic rings. The lowest BCUT2D eigenvalue weighted by Gasteiger charge is -2.32. The van der Waals surface area contributed by atoms with E-state index in [0.29, 0.717) is 5.92 Å². The van der Waals surface area contributed by atoms with Crippen molar-refractivity contribution < 1.29 is 4.74 Å². The Bertz CT molecular complexity index is 544. The topological polar surface area (TPSA) is 48.9 Å². The molecule has 2 N–H and O–H groups in total. The number of aliphatic imine (C=N–C) groups is 1. The van der Waals surface area contributed by atoms with E-state index < -0.39 is 0 Å². The molecule has 1 heterocycles. The van der Waals surface area contributed by atoms with Crippen molar-refractivity contribution in [2.45, 2.75) is 32.7 Å². The monoisotopic (exact) mass is 474 g/mol. The predicted molar refractivity (Wildman–Crippen MR) is 121 cm³/mol. The number of halogens is 1. The van der Waals surface area contributed by atoms with Gasteiger partial charge < -0.3 is 20.3 Å². The van der Waals surface area contributed by atoms with Crippen molar-refractivity contribution in [3.8, 4) is 0 Å². The molecule has 1 aromatic carbocycles. The van der Waals surface area contributed by atoms with E-state index in [2.05, 4.69) is 58.6 Å². The maximum atomic E-state index is 5.17. The largest absolute Gasteiger partial charge is 0.383 e. The Morgan fingerprint density at radius 2 is 2.00 bits per heavy atom. The molecule has 6 heteroatoms. The van der Waals surface area contributed by atoms with Gasteiger partial charge in [0, 0.05) is 27.2 Å². The van der Waals surface area contributed by atoms with Crippen molar-refractivity contribution in [2.75, 3.05) is 46.9 Å². The standard InChI is InChI=1S/C20H34N4O.HI/c1-16-7-5-6-8-19(16)17(2)23-20(21-3)22-15-18-9-11-24(12-10-18)13-14-25-4;/h5-8,17-18H,9-15H2,1-4H3,(H2,21,22,23);1H. The molecule has 0 bridgehead atoms. The number of methoxy groups -OCH3 is 1. The molecule has 0 radical (unpaired) electrons. The zero-order valence-electron chi connectivity index (χ0n) is 16.6. The van der Waals surface area contributed by atoms with E-state index in [4.69, 9.17) is 4.74 Å². The highest BCUT2D eigenvalue weighted by Gasteiger charge is 2.19. The number of benzene rings is 1. The molecule has 1 fully saturated rings. The number of nitrogens with one attached hydrogen (secondary N) is 2. The molecule has 148 valence electrons. The number of ether oxygens (including phenoxy) is 1. The van der Waals surface area contributed by atoms with Crippen LogP contribution in [0.2, 0.25) is 0 Å². The normalized spacial score (nSPS) is 17.5. The Kier molecular flexibility index (Phi) is 11.2. The van der Waals surface area contributed by atoms with Crippen LogP contribution in [0.5, 0.6) is 0 Å². The minimum absolute atomic E-state index is 0. The van der Waals surface area contributed by atoms with Gasteiger partial charge in [-0.15, -0.1) is 24.0 Å². The highest BCUT2D eigenvalue weighted by molar-refractivity contribution is 14.0. The quantitative estimate of drug-likeness (QED) is 0.362. The zero-order chi connectivity index (χ0) is 18.1. The Hall–Kier alpha value is -0.860. The third-order valence-corrected chi connectivity index (χ3v) is 5.11. The number of rotatable bonds is 7.